The van der Waals surface area contributed by atoms with Crippen molar-refractivity contribution >= 4 is 29.9 Å². The molecule has 1 aliphatic carbocycles. The lowest BCUT2D eigenvalue weighted by Gasteiger charge is -2.43. The van der Waals surface area contributed by atoms with Gasteiger partial charge in [0.15, 0.2) is 5.96 Å². The van der Waals surface area contributed by atoms with Crippen molar-refractivity contribution in [3.63, 3.8) is 0 Å². The molecule has 158 valence electrons. The van der Waals surface area contributed by atoms with Crippen LogP contribution in [0.1, 0.15) is 30.4 Å². The molecule has 1 aromatic heterocycles. The Morgan fingerprint density at radius 3 is 2.55 bits per heavy atom. The number of guanidine groups is 1. The number of hydrogen-bond acceptors (Lipinski definition) is 4. The van der Waals surface area contributed by atoms with E-state index in [-0.39, 0.29) is 29.4 Å². The maximum Gasteiger partial charge on any atom is 0.218 e. The number of benzene rings is 1. The van der Waals surface area contributed by atoms with E-state index in [4.69, 9.17) is 9.47 Å². The van der Waals surface area contributed by atoms with Gasteiger partial charge in [0.05, 0.1) is 6.61 Å². The Kier molecular flexibility index (Phi) is 9.66. The van der Waals surface area contributed by atoms with Gasteiger partial charge in [0, 0.05) is 44.4 Å². The van der Waals surface area contributed by atoms with Crippen LogP contribution in [0.25, 0.3) is 0 Å². The Hall–Kier alpha value is -1.87. The number of aliphatic imine (C=N–C) groups is 1. The number of hydrogen-bond donors (Lipinski definition) is 2. The Balaban J connectivity index is 0.00000300. The molecule has 1 aliphatic rings. The van der Waals surface area contributed by atoms with Crippen molar-refractivity contribution < 1.29 is 9.47 Å². The number of pyridine rings is 1. The van der Waals surface area contributed by atoms with Crippen LogP contribution >= 0.6 is 24.0 Å². The van der Waals surface area contributed by atoms with Crippen LogP contribution in [-0.4, -0.2) is 44.9 Å². The molecule has 0 bridgehead atoms. The molecule has 6 nitrogen and oxygen atoms in total. The van der Waals surface area contributed by atoms with E-state index in [9.17, 15) is 0 Å². The first-order valence-corrected chi connectivity index (χ1v) is 9.83. The molecule has 1 aromatic carbocycles. The third-order valence-electron chi connectivity index (χ3n) is 5.34. The number of nitrogens with one attached hydrogen (secondary N) is 2. The van der Waals surface area contributed by atoms with Gasteiger partial charge in [-0.2, -0.15) is 0 Å². The van der Waals surface area contributed by atoms with Crippen LogP contribution in [0.4, 0.5) is 0 Å². The summed E-state index contributed by atoms with van der Waals surface area (Å²) >= 11 is 0. The zero-order valence-corrected chi connectivity index (χ0v) is 19.5. The minimum absolute atomic E-state index is 0. The molecular formula is C22H31IN4O2. The first-order valence-electron chi connectivity index (χ1n) is 9.83. The third kappa shape index (κ3) is 6.30. The molecule has 7 heteroatoms. The maximum atomic E-state index is 5.71. The van der Waals surface area contributed by atoms with Gasteiger partial charge in [0.1, 0.15) is 6.61 Å². The van der Waals surface area contributed by atoms with Gasteiger partial charge in [-0.25, -0.2) is 4.98 Å². The quantitative estimate of drug-likeness (QED) is 0.234. The van der Waals surface area contributed by atoms with Crippen LogP contribution in [0, 0.1) is 0 Å². The van der Waals surface area contributed by atoms with E-state index < -0.39 is 0 Å². The van der Waals surface area contributed by atoms with E-state index in [2.05, 4.69) is 50.9 Å². The molecule has 0 spiro atoms. The molecule has 2 aromatic rings. The van der Waals surface area contributed by atoms with Gasteiger partial charge in [-0.15, -0.1) is 24.0 Å². The minimum Gasteiger partial charge on any atom is -0.475 e. The van der Waals surface area contributed by atoms with Crippen molar-refractivity contribution in [2.75, 3.05) is 33.9 Å². The van der Waals surface area contributed by atoms with Crippen LogP contribution in [0.3, 0.4) is 0 Å². The second-order valence-electron chi connectivity index (χ2n) is 7.09. The van der Waals surface area contributed by atoms with Gasteiger partial charge in [0.25, 0.3) is 0 Å². The molecule has 0 amide bonds. The maximum absolute atomic E-state index is 5.71. The fraction of sp³-hybridized carbons (Fsp3) is 0.455. The SMILES string of the molecule is CN=C(NCc1cccnc1OCCOC)NCC1(c2ccccc2)CCC1.I. The first kappa shape index (κ1) is 23.4. The van der Waals surface area contributed by atoms with Crippen molar-refractivity contribution in [3.8, 4) is 5.88 Å². The lowest BCUT2D eigenvalue weighted by Crippen LogP contribution is -2.48. The van der Waals surface area contributed by atoms with Gasteiger partial charge < -0.3 is 20.1 Å². The predicted molar refractivity (Wildman–Crippen MR) is 127 cm³/mol. The Labute approximate surface area is 190 Å². The summed E-state index contributed by atoms with van der Waals surface area (Å²) in [6, 6.07) is 14.7. The zero-order valence-electron chi connectivity index (χ0n) is 17.2. The van der Waals surface area contributed by atoms with Crippen molar-refractivity contribution in [3.05, 3.63) is 59.8 Å². The molecule has 1 fully saturated rings. The second kappa shape index (κ2) is 12.0. The highest BCUT2D eigenvalue weighted by Crippen LogP contribution is 2.43. The summed E-state index contributed by atoms with van der Waals surface area (Å²) in [5.41, 5.74) is 2.61. The summed E-state index contributed by atoms with van der Waals surface area (Å²) in [7, 11) is 3.45. The number of methoxy groups -OCH3 is 1. The number of rotatable bonds is 9. The van der Waals surface area contributed by atoms with E-state index in [1.807, 2.05) is 12.1 Å². The van der Waals surface area contributed by atoms with E-state index in [1.165, 1.54) is 24.8 Å². The average molecular weight is 510 g/mol. The minimum atomic E-state index is 0. The Morgan fingerprint density at radius 1 is 1.10 bits per heavy atom. The molecule has 0 radical (unpaired) electrons. The Bertz CT molecular complexity index is 766. The lowest BCUT2D eigenvalue weighted by molar-refractivity contribution is 0.143. The van der Waals surface area contributed by atoms with E-state index >= 15 is 0 Å². The monoisotopic (exact) mass is 510 g/mol. The number of ether oxygens (including phenoxy) is 2. The van der Waals surface area contributed by atoms with E-state index in [0.717, 1.165) is 18.1 Å². The lowest BCUT2D eigenvalue weighted by atomic mass is 9.64. The van der Waals surface area contributed by atoms with E-state index in [0.29, 0.717) is 25.6 Å². The number of halogens is 1. The topological polar surface area (TPSA) is 67.8 Å². The molecule has 0 aliphatic heterocycles. The van der Waals surface area contributed by atoms with Gasteiger partial charge >= 0.3 is 0 Å². The molecular weight excluding hydrogens is 479 g/mol. The Morgan fingerprint density at radius 2 is 1.90 bits per heavy atom. The van der Waals surface area contributed by atoms with Crippen LogP contribution in [0.15, 0.2) is 53.7 Å². The molecule has 29 heavy (non-hydrogen) atoms. The summed E-state index contributed by atoms with van der Waals surface area (Å²) in [5.74, 6) is 1.41. The highest BCUT2D eigenvalue weighted by atomic mass is 127. The fourth-order valence-corrected chi connectivity index (χ4v) is 3.53. The highest BCUT2D eigenvalue weighted by Gasteiger charge is 2.38. The normalized spacial score (nSPS) is 15.0. The molecule has 0 saturated heterocycles. The fourth-order valence-electron chi connectivity index (χ4n) is 3.53. The smallest absolute Gasteiger partial charge is 0.218 e. The average Bonchev–Trinajstić information content (AvgIpc) is 2.71. The van der Waals surface area contributed by atoms with E-state index in [1.54, 1.807) is 20.4 Å². The van der Waals surface area contributed by atoms with Gasteiger partial charge in [-0.05, 0) is 24.5 Å². The van der Waals surface area contributed by atoms with Crippen LogP contribution in [0.5, 0.6) is 5.88 Å². The van der Waals surface area contributed by atoms with Crippen molar-refractivity contribution in [2.24, 2.45) is 4.99 Å². The van der Waals surface area contributed by atoms with Crippen molar-refractivity contribution in [2.45, 2.75) is 31.2 Å². The number of nitrogens with zero attached hydrogens (tertiary/aromatic N) is 2. The van der Waals surface area contributed by atoms with Crippen molar-refractivity contribution in [1.82, 2.24) is 15.6 Å². The van der Waals surface area contributed by atoms with Crippen LogP contribution < -0.4 is 15.4 Å². The summed E-state index contributed by atoms with van der Waals surface area (Å²) in [5, 5.41) is 6.89. The molecule has 1 heterocycles. The summed E-state index contributed by atoms with van der Waals surface area (Å²) in [6.45, 7) is 2.48. The molecule has 3 rings (SSSR count). The summed E-state index contributed by atoms with van der Waals surface area (Å²) in [6.07, 6.45) is 5.43. The van der Waals surface area contributed by atoms with Crippen molar-refractivity contribution in [1.29, 1.82) is 0 Å². The molecule has 1 saturated carbocycles. The molecule has 0 unspecified atom stereocenters. The van der Waals surface area contributed by atoms with Gasteiger partial charge in [-0.1, -0.05) is 42.8 Å². The zero-order chi connectivity index (χ0) is 19.7. The molecule has 0 atom stereocenters. The predicted octanol–water partition coefficient (Wildman–Crippen LogP) is 3.51. The van der Waals surface area contributed by atoms with Crippen LogP contribution in [-0.2, 0) is 16.7 Å². The summed E-state index contributed by atoms with van der Waals surface area (Å²) < 4.78 is 10.7. The van der Waals surface area contributed by atoms with Crippen LogP contribution in [0.2, 0.25) is 0 Å². The highest BCUT2D eigenvalue weighted by molar-refractivity contribution is 14.0. The standard InChI is InChI=1S/C22H30N4O2.HI/c1-23-21(25-16-18-8-6-13-24-20(18)28-15-14-27-2)26-17-22(11-7-12-22)19-9-4-3-5-10-19;/h3-6,8-10,13H,7,11-12,14-17H2,1-2H3,(H2,23,25,26);1H. The van der Waals surface area contributed by atoms with Gasteiger partial charge in [-0.3, -0.25) is 4.99 Å². The largest absolute Gasteiger partial charge is 0.475 e. The second-order valence-corrected chi connectivity index (χ2v) is 7.09. The third-order valence-corrected chi connectivity index (χ3v) is 5.34. The first-order chi connectivity index (χ1) is 13.8. The molecule has 2 N–H and O–H groups in total. The van der Waals surface area contributed by atoms with Gasteiger partial charge in [0.2, 0.25) is 5.88 Å². The summed E-state index contributed by atoms with van der Waals surface area (Å²) in [4.78, 5) is 8.70. The number of aromatic nitrogens is 1.